The molecule has 4 aliphatic heterocycles. The number of fused-ring (bicyclic) bond motifs is 16. The first-order valence-electron chi connectivity index (χ1n) is 40.7. The van der Waals surface area contributed by atoms with Crippen LogP contribution >= 0.6 is 0 Å². The molecule has 0 N–H and O–H groups in total. The molecule has 16 bridgehead atoms. The molecule has 0 amide bonds. The Balaban J connectivity index is 0.00000176. The van der Waals surface area contributed by atoms with Crippen LogP contribution in [0.3, 0.4) is 0 Å². The molecule has 0 unspecified atom stereocenters. The molecule has 8 aromatic carbocycles. The number of hydrogen-bond acceptors (Lipinski definition) is 8. The third kappa shape index (κ3) is 15.7. The van der Waals surface area contributed by atoms with Crippen molar-refractivity contribution < 1.29 is 48.4 Å². The normalized spacial score (nSPS) is 12.0. The van der Waals surface area contributed by atoms with Crippen molar-refractivity contribution in [1.29, 1.82) is 0 Å². The second-order valence-electron chi connectivity index (χ2n) is 33.1. The Bertz CT molecular complexity index is 6660. The number of rotatable bonds is 10. The Morgan fingerprint density at radius 2 is 0.364 bits per heavy atom. The van der Waals surface area contributed by atoms with Crippen molar-refractivity contribution in [3.8, 4) is 89.0 Å². The van der Waals surface area contributed by atoms with Gasteiger partial charge in [-0.05, 0) is 347 Å². The van der Waals surface area contributed by atoms with Gasteiger partial charge in [0, 0.05) is 0 Å². The molecule has 604 valence electrons. The molecule has 0 fully saturated rings. The second kappa shape index (κ2) is 33.5. The predicted molar refractivity (Wildman–Crippen MR) is 488 cm³/mol. The number of nitrogens with zero attached hydrogens (tertiary/aromatic N) is 8. The fourth-order valence-electron chi connectivity index (χ4n) is 19.7. The van der Waals surface area contributed by atoms with E-state index >= 15 is 0 Å². The van der Waals surface area contributed by atoms with E-state index in [0.717, 1.165) is 234 Å². The van der Waals surface area contributed by atoms with E-state index in [4.69, 9.17) is 54.2 Å². The van der Waals surface area contributed by atoms with Gasteiger partial charge in [0.25, 0.3) is 0 Å². The summed E-state index contributed by atoms with van der Waals surface area (Å²) in [6.07, 6.45) is 18.1. The Morgan fingerprint density at radius 3 is 0.537 bits per heavy atom. The van der Waals surface area contributed by atoms with Crippen LogP contribution in [-0.4, -0.2) is 19.9 Å². The van der Waals surface area contributed by atoms with Crippen molar-refractivity contribution in [2.45, 2.75) is 131 Å². The summed E-state index contributed by atoms with van der Waals surface area (Å²) in [4.78, 5) is 46.2. The second-order valence-corrected chi connectivity index (χ2v) is 33.6. The van der Waals surface area contributed by atoms with Crippen LogP contribution in [0.1, 0.15) is 157 Å². The topological polar surface area (TPSA) is 176 Å². The molecule has 18 rings (SSSR count). The number of aryl methyl sites for hydroxylation is 18. The van der Waals surface area contributed by atoms with Crippen LogP contribution in [0.4, 0.5) is 0 Å². The van der Waals surface area contributed by atoms with Gasteiger partial charge < -0.3 is 19.9 Å². The van der Waals surface area contributed by atoms with Crippen LogP contribution < -0.4 is 19.9 Å². The molecule has 0 radical (unpaired) electrons. The average molecular weight is 1760 g/mol. The summed E-state index contributed by atoms with van der Waals surface area (Å²) < 4.78 is 33.9. The molecule has 14 heteroatoms. The molecule has 0 spiro atoms. The summed E-state index contributed by atoms with van der Waals surface area (Å²) >= 11 is -3.58. The minimum absolute atomic E-state index is 0.621. The standard InChI is InChI=1S/C107H92N8.4O.2Ru/c1-56-41-62(7)94(63(8)42-56)102-82-29-25-78(108-82)100(79-26-30-83(109-79)103(95-64(9)43-57(2)44-65(95)10)87-34-38-91(113-87)106(90-37-33-86(102)112-90)98-70(15)49-60(5)50-71(98)16)76-23-19-21-74(54-76)53-75-22-20-24-77(55-75)101-80-27-31-84(110-80)104(96-66(11)45-58(3)46-67(96)12)88-35-39-92(114-88)107(99-72(17)51-61(6)52-73(99)18)93-40-36-89(115-93)105(85-32-28-81(101)111-85)97-68(13)47-59(4)48-69(97)14;;;;;;/h19-52,54-55H,53H2,1-18H3;;;;;;/q-4;;;;;;. The first-order chi connectivity index (χ1) is 58.2. The number of aromatic nitrogens is 8. The summed E-state index contributed by atoms with van der Waals surface area (Å²) in [7, 11) is 0. The van der Waals surface area contributed by atoms with Crippen LogP contribution in [-0.2, 0) is 54.8 Å². The van der Waals surface area contributed by atoms with Crippen LogP contribution in [0.5, 0.6) is 0 Å². The monoisotopic (exact) mass is 1760 g/mol. The Labute approximate surface area is 722 Å². The molecule has 10 heterocycles. The maximum atomic E-state index is 8.46. The quantitative estimate of drug-likeness (QED) is 0.119. The van der Waals surface area contributed by atoms with Crippen molar-refractivity contribution in [3.05, 3.63) is 327 Å². The Hall–Kier alpha value is -12.6. The number of hydrogen-bond donors (Lipinski definition) is 0. The third-order valence-electron chi connectivity index (χ3n) is 23.6. The van der Waals surface area contributed by atoms with E-state index in [1.807, 2.05) is 0 Å². The zero-order valence-electron chi connectivity index (χ0n) is 71.4. The first-order valence-corrected chi connectivity index (χ1v) is 43.6. The molecule has 0 atom stereocenters. The molecule has 14 aromatic rings. The van der Waals surface area contributed by atoms with E-state index in [1.54, 1.807) is 0 Å². The van der Waals surface area contributed by atoms with Gasteiger partial charge in [0.1, 0.15) is 0 Å². The van der Waals surface area contributed by atoms with Crippen LogP contribution in [0.2, 0.25) is 0 Å². The van der Waals surface area contributed by atoms with E-state index in [9.17, 15) is 0 Å². The van der Waals surface area contributed by atoms with Crippen molar-refractivity contribution in [2.75, 3.05) is 0 Å². The van der Waals surface area contributed by atoms with Gasteiger partial charge in [0.05, 0.1) is 45.6 Å². The molecule has 4 aliphatic rings. The maximum absolute atomic E-state index is 8.46. The predicted octanol–water partition coefficient (Wildman–Crippen LogP) is 26.1. The molecule has 0 saturated heterocycles. The fourth-order valence-corrected chi connectivity index (χ4v) is 19.7. The van der Waals surface area contributed by atoms with E-state index in [1.165, 1.54) is 55.6 Å². The molecular formula is C107H92N8O4Ru2-4. The fraction of sp³-hybridized carbons (Fsp3) is 0.178. The Morgan fingerprint density at radius 1 is 0.207 bits per heavy atom. The van der Waals surface area contributed by atoms with Crippen molar-refractivity contribution in [1.82, 2.24) is 39.9 Å². The summed E-state index contributed by atoms with van der Waals surface area (Å²) in [6.45, 7) is 39.6. The molecule has 0 aliphatic carbocycles. The minimum atomic E-state index is -1.79. The van der Waals surface area contributed by atoms with Crippen LogP contribution in [0.25, 0.3) is 182 Å². The summed E-state index contributed by atoms with van der Waals surface area (Å²) in [5.41, 5.74) is 53.4. The van der Waals surface area contributed by atoms with Gasteiger partial charge in [-0.15, -0.1) is 44.1 Å². The summed E-state index contributed by atoms with van der Waals surface area (Å²) in [5, 5.41) is 0. The van der Waals surface area contributed by atoms with Gasteiger partial charge in [-0.3, -0.25) is 0 Å². The van der Waals surface area contributed by atoms with Crippen molar-refractivity contribution in [3.63, 3.8) is 0 Å². The van der Waals surface area contributed by atoms with Gasteiger partial charge in [-0.25, -0.2) is 19.9 Å². The van der Waals surface area contributed by atoms with E-state index in [0.29, 0.717) is 6.42 Å². The molecule has 6 aromatic heterocycles. The first kappa shape index (κ1) is 82.1. The SMILES string of the molecule is Cc1cc(C)c(-c2c3nc(c(-c4c(C)cc(C)cc4C)c4ccc([n-]4)c(-c4c(C)cc(C)cc4C)c4nc(c(-c5cccc(Cc6cccc(-c7c8nc(c(-c9c(C)cc(C)cc9C)c9ccc([n-]9)c(-c9c(C)cc(C)cc9C)c9nc(c(-c%10c(C)cc(C)cc%10C)c%10ccc7[n-]%10)C=C9)C=C8)c6)c5)c5ccc2[n-]5)C=C4)C=C3)c(C)c1.[O]=[Ru]=[O].[O]=[Ru]=[O]. The van der Waals surface area contributed by atoms with Gasteiger partial charge in [0.15, 0.2) is 0 Å². The zero-order chi connectivity index (χ0) is 85.3. The van der Waals surface area contributed by atoms with Gasteiger partial charge in [0.2, 0.25) is 0 Å². The van der Waals surface area contributed by atoms with E-state index in [-0.39, 0.29) is 0 Å². The molecule has 12 nitrogen and oxygen atoms in total. The number of benzene rings is 8. The molecular weight excluding hydrogens is 1660 g/mol. The third-order valence-corrected chi connectivity index (χ3v) is 23.6. The van der Waals surface area contributed by atoms with Gasteiger partial charge in [-0.2, -0.15) is 0 Å². The molecule has 121 heavy (non-hydrogen) atoms. The van der Waals surface area contributed by atoms with E-state index < -0.39 is 34.1 Å². The molecule has 0 saturated carbocycles. The van der Waals surface area contributed by atoms with Gasteiger partial charge in [-0.1, -0.05) is 203 Å². The van der Waals surface area contributed by atoms with Gasteiger partial charge >= 0.3 is 48.4 Å². The summed E-state index contributed by atoms with van der Waals surface area (Å²) in [5.74, 6) is 0. The van der Waals surface area contributed by atoms with E-state index in [2.05, 4.69) is 343 Å². The summed E-state index contributed by atoms with van der Waals surface area (Å²) in [6, 6.07) is 62.8. The van der Waals surface area contributed by atoms with Crippen molar-refractivity contribution in [2.24, 2.45) is 0 Å². The average Bonchev–Trinajstić information content (AvgIpc) is 1.62. The van der Waals surface area contributed by atoms with Crippen LogP contribution in [0, 0.1) is 125 Å². The Kier molecular flexibility index (Phi) is 22.8. The van der Waals surface area contributed by atoms with Crippen molar-refractivity contribution >= 4 is 92.7 Å². The zero-order valence-corrected chi connectivity index (χ0v) is 74.9. The van der Waals surface area contributed by atoms with Crippen LogP contribution in [0.15, 0.2) is 170 Å².